The van der Waals surface area contributed by atoms with Gasteiger partial charge >= 0.3 is 0 Å². The standard InChI is InChI=1S/C13H13Cl2N3O/c1-9(8-14)13(19)17-11-5-2-4-10(15)12(11)18-7-3-6-16-18/h2-7,9H,8H2,1H3,(H,17,19). The fourth-order valence-electron chi connectivity index (χ4n) is 1.58. The molecule has 0 saturated heterocycles. The van der Waals surface area contributed by atoms with E-state index in [1.54, 1.807) is 48.3 Å². The van der Waals surface area contributed by atoms with Crippen molar-refractivity contribution in [1.82, 2.24) is 9.78 Å². The number of hydrogen-bond donors (Lipinski definition) is 1. The van der Waals surface area contributed by atoms with Crippen LogP contribution in [0.15, 0.2) is 36.7 Å². The molecule has 1 unspecified atom stereocenters. The van der Waals surface area contributed by atoms with Crippen LogP contribution in [0.25, 0.3) is 5.69 Å². The van der Waals surface area contributed by atoms with Crippen molar-refractivity contribution in [3.8, 4) is 5.69 Å². The van der Waals surface area contributed by atoms with Crippen molar-refractivity contribution in [2.24, 2.45) is 5.92 Å². The van der Waals surface area contributed by atoms with E-state index in [1.807, 2.05) is 0 Å². The van der Waals surface area contributed by atoms with Gasteiger partial charge in [0.15, 0.2) is 0 Å². The van der Waals surface area contributed by atoms with E-state index in [2.05, 4.69) is 10.4 Å². The van der Waals surface area contributed by atoms with Crippen LogP contribution in [0, 0.1) is 5.92 Å². The monoisotopic (exact) mass is 297 g/mol. The molecule has 2 aromatic rings. The van der Waals surface area contributed by atoms with E-state index in [1.165, 1.54) is 0 Å². The van der Waals surface area contributed by atoms with Gasteiger partial charge in [0, 0.05) is 24.2 Å². The van der Waals surface area contributed by atoms with E-state index in [-0.39, 0.29) is 17.7 Å². The first-order chi connectivity index (χ1) is 9.13. The van der Waals surface area contributed by atoms with Crippen molar-refractivity contribution >= 4 is 34.8 Å². The third kappa shape index (κ3) is 3.08. The first-order valence-electron chi connectivity index (χ1n) is 5.79. The molecule has 100 valence electrons. The second-order valence-electron chi connectivity index (χ2n) is 4.13. The molecule has 6 heteroatoms. The highest BCUT2D eigenvalue weighted by molar-refractivity contribution is 6.33. The molecule has 0 saturated carbocycles. The summed E-state index contributed by atoms with van der Waals surface area (Å²) in [5, 5.41) is 7.47. The quantitative estimate of drug-likeness (QED) is 0.880. The number of benzene rings is 1. The van der Waals surface area contributed by atoms with Crippen molar-refractivity contribution in [1.29, 1.82) is 0 Å². The lowest BCUT2D eigenvalue weighted by Gasteiger charge is -2.14. The zero-order valence-electron chi connectivity index (χ0n) is 10.3. The normalized spacial score (nSPS) is 12.2. The SMILES string of the molecule is CC(CCl)C(=O)Nc1cccc(Cl)c1-n1cccn1. The maximum Gasteiger partial charge on any atom is 0.228 e. The van der Waals surface area contributed by atoms with E-state index in [0.717, 1.165) is 0 Å². The lowest BCUT2D eigenvalue weighted by Crippen LogP contribution is -2.22. The lowest BCUT2D eigenvalue weighted by atomic mass is 10.2. The van der Waals surface area contributed by atoms with Gasteiger partial charge in [-0.25, -0.2) is 4.68 Å². The summed E-state index contributed by atoms with van der Waals surface area (Å²) < 4.78 is 1.61. The van der Waals surface area contributed by atoms with Crippen LogP contribution < -0.4 is 5.32 Å². The molecule has 0 aliphatic heterocycles. The summed E-state index contributed by atoms with van der Waals surface area (Å²) in [5.41, 5.74) is 1.25. The van der Waals surface area contributed by atoms with Gasteiger partial charge in [-0.05, 0) is 18.2 Å². The van der Waals surface area contributed by atoms with Gasteiger partial charge in [0.1, 0.15) is 5.69 Å². The first-order valence-corrected chi connectivity index (χ1v) is 6.70. The zero-order chi connectivity index (χ0) is 13.8. The maximum absolute atomic E-state index is 11.9. The minimum Gasteiger partial charge on any atom is -0.324 e. The van der Waals surface area contributed by atoms with Gasteiger partial charge in [-0.2, -0.15) is 5.10 Å². The Morgan fingerprint density at radius 3 is 2.89 bits per heavy atom. The van der Waals surface area contributed by atoms with Crippen LogP contribution in [-0.4, -0.2) is 21.6 Å². The summed E-state index contributed by atoms with van der Waals surface area (Å²) in [4.78, 5) is 11.9. The van der Waals surface area contributed by atoms with E-state index < -0.39 is 0 Å². The Labute approximate surface area is 121 Å². The molecule has 1 amide bonds. The summed E-state index contributed by atoms with van der Waals surface area (Å²) in [7, 11) is 0. The lowest BCUT2D eigenvalue weighted by molar-refractivity contribution is -0.118. The molecule has 2 rings (SSSR count). The topological polar surface area (TPSA) is 46.9 Å². The molecule has 0 aliphatic rings. The van der Waals surface area contributed by atoms with Crippen molar-refractivity contribution < 1.29 is 4.79 Å². The maximum atomic E-state index is 11.9. The minimum absolute atomic E-state index is 0.148. The molecule has 19 heavy (non-hydrogen) atoms. The number of aromatic nitrogens is 2. The molecule has 0 fully saturated rings. The van der Waals surface area contributed by atoms with Crippen molar-refractivity contribution in [2.45, 2.75) is 6.92 Å². The highest BCUT2D eigenvalue weighted by Crippen LogP contribution is 2.28. The second kappa shape index (κ2) is 6.08. The van der Waals surface area contributed by atoms with Gasteiger partial charge in [-0.15, -0.1) is 11.6 Å². The summed E-state index contributed by atoms with van der Waals surface area (Å²) in [6, 6.07) is 7.09. The number of anilines is 1. The molecule has 1 atom stereocenters. The molecule has 4 nitrogen and oxygen atoms in total. The molecule has 1 aromatic heterocycles. The number of carbonyl (C=O) groups is 1. The summed E-state index contributed by atoms with van der Waals surface area (Å²) in [5.74, 6) is -0.152. The fourth-order valence-corrected chi connectivity index (χ4v) is 1.98. The van der Waals surface area contributed by atoms with Crippen LogP contribution in [0.4, 0.5) is 5.69 Å². The second-order valence-corrected chi connectivity index (χ2v) is 4.85. The fraction of sp³-hybridized carbons (Fsp3) is 0.231. The minimum atomic E-state index is -0.272. The number of halogens is 2. The number of rotatable bonds is 4. The van der Waals surface area contributed by atoms with Crippen LogP contribution in [0.1, 0.15) is 6.92 Å². The van der Waals surface area contributed by atoms with E-state index in [0.29, 0.717) is 16.4 Å². The largest absolute Gasteiger partial charge is 0.324 e. The predicted octanol–water partition coefficient (Wildman–Crippen LogP) is 3.34. The van der Waals surface area contributed by atoms with Crippen molar-refractivity contribution in [3.63, 3.8) is 0 Å². The summed E-state index contributed by atoms with van der Waals surface area (Å²) in [6.07, 6.45) is 3.41. The van der Waals surface area contributed by atoms with Gasteiger partial charge in [0.2, 0.25) is 5.91 Å². The molecule has 0 bridgehead atoms. The smallest absolute Gasteiger partial charge is 0.228 e. The molecule has 0 spiro atoms. The van der Waals surface area contributed by atoms with E-state index >= 15 is 0 Å². The van der Waals surface area contributed by atoms with Crippen LogP contribution in [-0.2, 0) is 4.79 Å². The zero-order valence-corrected chi connectivity index (χ0v) is 11.8. The Balaban J connectivity index is 2.36. The Morgan fingerprint density at radius 1 is 1.47 bits per heavy atom. The predicted molar refractivity (Wildman–Crippen MR) is 77.1 cm³/mol. The first kappa shape index (κ1) is 13.9. The molecule has 0 radical (unpaired) electrons. The molecular formula is C13H13Cl2N3O. The van der Waals surface area contributed by atoms with E-state index in [4.69, 9.17) is 23.2 Å². The third-order valence-electron chi connectivity index (χ3n) is 2.66. The Kier molecular flexibility index (Phi) is 4.45. The van der Waals surface area contributed by atoms with E-state index in [9.17, 15) is 4.79 Å². The van der Waals surface area contributed by atoms with Gasteiger partial charge in [-0.3, -0.25) is 4.79 Å². The average molecular weight is 298 g/mol. The van der Waals surface area contributed by atoms with Gasteiger partial charge in [0.25, 0.3) is 0 Å². The van der Waals surface area contributed by atoms with Crippen molar-refractivity contribution in [2.75, 3.05) is 11.2 Å². The molecule has 1 heterocycles. The average Bonchev–Trinajstić information content (AvgIpc) is 2.91. The number of para-hydroxylation sites is 1. The highest BCUT2D eigenvalue weighted by atomic mass is 35.5. The molecule has 1 aromatic carbocycles. The van der Waals surface area contributed by atoms with Gasteiger partial charge in [-0.1, -0.05) is 24.6 Å². The number of carbonyl (C=O) groups excluding carboxylic acids is 1. The van der Waals surface area contributed by atoms with Gasteiger partial charge < -0.3 is 5.32 Å². The number of nitrogens with zero attached hydrogens (tertiary/aromatic N) is 2. The Morgan fingerprint density at radius 2 is 2.26 bits per heavy atom. The summed E-state index contributed by atoms with van der Waals surface area (Å²) >= 11 is 11.9. The highest BCUT2D eigenvalue weighted by Gasteiger charge is 2.16. The number of hydrogen-bond acceptors (Lipinski definition) is 2. The van der Waals surface area contributed by atoms with Crippen LogP contribution in [0.5, 0.6) is 0 Å². The molecule has 1 N–H and O–H groups in total. The molecular weight excluding hydrogens is 285 g/mol. The Hall–Kier alpha value is -1.52. The van der Waals surface area contributed by atoms with Crippen LogP contribution >= 0.6 is 23.2 Å². The number of alkyl halides is 1. The Bertz CT molecular complexity index is 569. The summed E-state index contributed by atoms with van der Waals surface area (Å²) in [6.45, 7) is 1.76. The number of nitrogens with one attached hydrogen (secondary N) is 1. The van der Waals surface area contributed by atoms with Crippen LogP contribution in [0.2, 0.25) is 5.02 Å². The molecule has 0 aliphatic carbocycles. The van der Waals surface area contributed by atoms with Crippen LogP contribution in [0.3, 0.4) is 0 Å². The number of amides is 1. The van der Waals surface area contributed by atoms with Crippen molar-refractivity contribution in [3.05, 3.63) is 41.7 Å². The van der Waals surface area contributed by atoms with Gasteiger partial charge in [0.05, 0.1) is 10.7 Å². The third-order valence-corrected chi connectivity index (χ3v) is 3.43.